The third-order valence-electron chi connectivity index (χ3n) is 2.82. The molecule has 1 fully saturated rings. The van der Waals surface area contributed by atoms with Gasteiger partial charge in [-0.25, -0.2) is 0 Å². The minimum absolute atomic E-state index is 0.757. The summed E-state index contributed by atoms with van der Waals surface area (Å²) in [5.74, 6) is 0.895. The number of nitrogens with one attached hydrogen (secondary N) is 1. The number of halogens is 1. The summed E-state index contributed by atoms with van der Waals surface area (Å²) < 4.78 is 5.37. The highest BCUT2D eigenvalue weighted by Gasteiger charge is 2.14. The Morgan fingerprint density at radius 1 is 1.31 bits per heavy atom. The summed E-state index contributed by atoms with van der Waals surface area (Å²) in [6.07, 6.45) is 1.15. The molecule has 0 aromatic heterocycles. The third kappa shape index (κ3) is 2.60. The van der Waals surface area contributed by atoms with Gasteiger partial charge >= 0.3 is 0 Å². The van der Waals surface area contributed by atoms with Crippen molar-refractivity contribution < 1.29 is 4.74 Å². The molecule has 88 valence electrons. The fraction of sp³-hybridized carbons (Fsp3) is 0.500. The highest BCUT2D eigenvalue weighted by molar-refractivity contribution is 6.30. The maximum absolute atomic E-state index is 6.04. The molecule has 1 aliphatic heterocycles. The molecule has 3 nitrogen and oxygen atoms in total. The molecule has 1 aromatic carbocycles. The van der Waals surface area contributed by atoms with Crippen LogP contribution in [-0.2, 0) is 0 Å². The molecule has 0 aliphatic carbocycles. The fourth-order valence-electron chi connectivity index (χ4n) is 2.00. The Kier molecular flexibility index (Phi) is 3.91. The van der Waals surface area contributed by atoms with Crippen molar-refractivity contribution in [3.8, 4) is 5.75 Å². The lowest BCUT2D eigenvalue weighted by Crippen LogP contribution is -2.28. The van der Waals surface area contributed by atoms with Gasteiger partial charge in [-0.15, -0.1) is 0 Å². The van der Waals surface area contributed by atoms with Gasteiger partial charge in [0.25, 0.3) is 0 Å². The molecular formula is C12H17ClN2O. The lowest BCUT2D eigenvalue weighted by Gasteiger charge is -2.24. The summed E-state index contributed by atoms with van der Waals surface area (Å²) in [6, 6.07) is 5.77. The van der Waals surface area contributed by atoms with E-state index in [0.717, 1.165) is 49.1 Å². The minimum Gasteiger partial charge on any atom is -0.495 e. The molecular weight excluding hydrogens is 224 g/mol. The van der Waals surface area contributed by atoms with E-state index in [9.17, 15) is 0 Å². The fourth-order valence-corrected chi connectivity index (χ4v) is 2.16. The Hall–Kier alpha value is -0.930. The first-order valence-corrected chi connectivity index (χ1v) is 5.98. The van der Waals surface area contributed by atoms with Crippen LogP contribution in [0.3, 0.4) is 0 Å². The zero-order valence-electron chi connectivity index (χ0n) is 9.50. The minimum atomic E-state index is 0.757. The number of nitrogens with zero attached hydrogens (tertiary/aromatic N) is 1. The van der Waals surface area contributed by atoms with Crippen LogP contribution in [0.2, 0.25) is 5.02 Å². The number of hydrogen-bond donors (Lipinski definition) is 1. The monoisotopic (exact) mass is 240 g/mol. The molecule has 0 bridgehead atoms. The molecule has 0 saturated carbocycles. The molecule has 1 heterocycles. The largest absolute Gasteiger partial charge is 0.495 e. The lowest BCUT2D eigenvalue weighted by atomic mass is 10.2. The zero-order valence-corrected chi connectivity index (χ0v) is 10.3. The number of rotatable bonds is 2. The van der Waals surface area contributed by atoms with Crippen molar-refractivity contribution in [1.82, 2.24) is 5.32 Å². The lowest BCUT2D eigenvalue weighted by molar-refractivity contribution is 0.414. The van der Waals surface area contributed by atoms with Crippen molar-refractivity contribution in [2.75, 3.05) is 38.2 Å². The van der Waals surface area contributed by atoms with Crippen LogP contribution >= 0.6 is 11.6 Å². The Morgan fingerprint density at radius 3 is 3.00 bits per heavy atom. The standard InChI is InChI=1S/C12H17ClN2O/c1-16-12-4-3-10(13)9-11(12)15-7-2-5-14-6-8-15/h3-4,9,14H,2,5-8H2,1H3. The van der Waals surface area contributed by atoms with Crippen LogP contribution in [-0.4, -0.2) is 33.3 Å². The van der Waals surface area contributed by atoms with E-state index in [-0.39, 0.29) is 0 Å². The van der Waals surface area contributed by atoms with Gasteiger partial charge in [0.15, 0.2) is 0 Å². The van der Waals surface area contributed by atoms with Gasteiger partial charge in [-0.1, -0.05) is 11.6 Å². The van der Waals surface area contributed by atoms with Crippen molar-refractivity contribution in [3.63, 3.8) is 0 Å². The molecule has 0 spiro atoms. The van der Waals surface area contributed by atoms with E-state index >= 15 is 0 Å². The summed E-state index contributed by atoms with van der Waals surface area (Å²) in [4.78, 5) is 2.32. The van der Waals surface area contributed by atoms with Gasteiger partial charge in [-0.05, 0) is 31.2 Å². The summed E-state index contributed by atoms with van der Waals surface area (Å²) in [5.41, 5.74) is 1.10. The maximum atomic E-state index is 6.04. The smallest absolute Gasteiger partial charge is 0.142 e. The number of benzene rings is 1. The van der Waals surface area contributed by atoms with Gasteiger partial charge < -0.3 is 15.0 Å². The molecule has 1 N–H and O–H groups in total. The summed E-state index contributed by atoms with van der Waals surface area (Å²) >= 11 is 6.04. The number of hydrogen-bond acceptors (Lipinski definition) is 3. The molecule has 0 atom stereocenters. The van der Waals surface area contributed by atoms with Crippen LogP contribution in [0.1, 0.15) is 6.42 Å². The third-order valence-corrected chi connectivity index (χ3v) is 3.06. The molecule has 16 heavy (non-hydrogen) atoms. The Morgan fingerprint density at radius 2 is 2.19 bits per heavy atom. The maximum Gasteiger partial charge on any atom is 0.142 e. The Balaban J connectivity index is 2.25. The van der Waals surface area contributed by atoms with E-state index < -0.39 is 0 Å². The number of ether oxygens (including phenoxy) is 1. The van der Waals surface area contributed by atoms with Gasteiger partial charge in [0.1, 0.15) is 5.75 Å². The van der Waals surface area contributed by atoms with E-state index in [1.165, 1.54) is 0 Å². The van der Waals surface area contributed by atoms with E-state index in [0.29, 0.717) is 0 Å². The van der Waals surface area contributed by atoms with Crippen LogP contribution in [0.4, 0.5) is 5.69 Å². The molecule has 0 radical (unpaired) electrons. The highest BCUT2D eigenvalue weighted by Crippen LogP contribution is 2.31. The molecule has 4 heteroatoms. The Labute approximate surface area is 101 Å². The zero-order chi connectivity index (χ0) is 11.4. The van der Waals surface area contributed by atoms with Gasteiger partial charge in [-0.3, -0.25) is 0 Å². The first kappa shape index (κ1) is 11.6. The molecule has 0 unspecified atom stereocenters. The van der Waals surface area contributed by atoms with E-state index in [4.69, 9.17) is 16.3 Å². The molecule has 1 aromatic rings. The summed E-state index contributed by atoms with van der Waals surface area (Å²) in [6.45, 7) is 4.13. The summed E-state index contributed by atoms with van der Waals surface area (Å²) in [5, 5.41) is 4.14. The first-order chi connectivity index (χ1) is 7.81. The average molecular weight is 241 g/mol. The molecule has 2 rings (SSSR count). The van der Waals surface area contributed by atoms with E-state index in [1.807, 2.05) is 18.2 Å². The van der Waals surface area contributed by atoms with Crippen LogP contribution in [0.5, 0.6) is 5.75 Å². The molecule has 1 aliphatic rings. The topological polar surface area (TPSA) is 24.5 Å². The number of anilines is 1. The molecule has 0 amide bonds. The van der Waals surface area contributed by atoms with Crippen molar-refractivity contribution in [2.24, 2.45) is 0 Å². The van der Waals surface area contributed by atoms with E-state index in [2.05, 4.69) is 10.2 Å². The van der Waals surface area contributed by atoms with Gasteiger partial charge in [0.05, 0.1) is 12.8 Å². The Bertz CT molecular complexity index is 349. The highest BCUT2D eigenvalue weighted by atomic mass is 35.5. The van der Waals surface area contributed by atoms with E-state index in [1.54, 1.807) is 7.11 Å². The van der Waals surface area contributed by atoms with Gasteiger partial charge in [0.2, 0.25) is 0 Å². The normalized spacial score (nSPS) is 17.0. The predicted molar refractivity (Wildman–Crippen MR) is 67.7 cm³/mol. The van der Waals surface area contributed by atoms with Crippen LogP contribution in [0.25, 0.3) is 0 Å². The second kappa shape index (κ2) is 5.41. The average Bonchev–Trinajstić information content (AvgIpc) is 2.57. The van der Waals surface area contributed by atoms with Gasteiger partial charge in [-0.2, -0.15) is 0 Å². The predicted octanol–water partition coefficient (Wildman–Crippen LogP) is 2.15. The van der Waals surface area contributed by atoms with Crippen LogP contribution in [0.15, 0.2) is 18.2 Å². The van der Waals surface area contributed by atoms with Gasteiger partial charge in [0, 0.05) is 24.7 Å². The quantitative estimate of drug-likeness (QED) is 0.858. The van der Waals surface area contributed by atoms with Crippen molar-refractivity contribution in [1.29, 1.82) is 0 Å². The van der Waals surface area contributed by atoms with Crippen molar-refractivity contribution in [3.05, 3.63) is 23.2 Å². The second-order valence-electron chi connectivity index (χ2n) is 3.91. The second-order valence-corrected chi connectivity index (χ2v) is 4.34. The summed E-state index contributed by atoms with van der Waals surface area (Å²) in [7, 11) is 1.70. The van der Waals surface area contributed by atoms with Crippen molar-refractivity contribution in [2.45, 2.75) is 6.42 Å². The first-order valence-electron chi connectivity index (χ1n) is 5.60. The molecule has 1 saturated heterocycles. The SMILES string of the molecule is COc1ccc(Cl)cc1N1CCCNCC1. The number of methoxy groups -OCH3 is 1. The van der Waals surface area contributed by atoms with Crippen LogP contribution in [0, 0.1) is 0 Å². The van der Waals surface area contributed by atoms with Crippen LogP contribution < -0.4 is 15.0 Å². The van der Waals surface area contributed by atoms with Crippen molar-refractivity contribution >= 4 is 17.3 Å².